The molecule has 0 aromatic carbocycles. The van der Waals surface area contributed by atoms with Gasteiger partial charge in [0, 0.05) is 13.1 Å². The number of hydrogen-bond donors (Lipinski definition) is 1. The van der Waals surface area contributed by atoms with Gasteiger partial charge in [-0.1, -0.05) is 12.2 Å². The summed E-state index contributed by atoms with van der Waals surface area (Å²) in [5.74, 6) is 0.358. The van der Waals surface area contributed by atoms with Crippen LogP contribution < -0.4 is 5.32 Å². The summed E-state index contributed by atoms with van der Waals surface area (Å²) >= 11 is 0. The fourth-order valence-corrected chi connectivity index (χ4v) is 1.64. The minimum Gasteiger partial charge on any atom is -0.360 e. The lowest BCUT2D eigenvalue weighted by Gasteiger charge is -2.09. The molecule has 0 saturated carbocycles. The Labute approximate surface area is 86.7 Å². The zero-order valence-electron chi connectivity index (χ0n) is 8.38. The average molecular weight is 208 g/mol. The van der Waals surface area contributed by atoms with E-state index >= 15 is 0 Å². The van der Waals surface area contributed by atoms with E-state index in [1.54, 1.807) is 7.05 Å². The van der Waals surface area contributed by atoms with Crippen molar-refractivity contribution in [2.75, 3.05) is 5.32 Å². The predicted molar refractivity (Wildman–Crippen MR) is 55.6 cm³/mol. The van der Waals surface area contributed by atoms with Crippen LogP contribution >= 0.6 is 0 Å². The number of aryl methyl sites for hydroxylation is 1. The number of hydrogen-bond acceptors (Lipinski definition) is 4. The van der Waals surface area contributed by atoms with Crippen molar-refractivity contribution in [3.05, 3.63) is 28.5 Å². The Morgan fingerprint density at radius 2 is 2.27 bits per heavy atom. The number of nitro groups is 1. The Hall–Kier alpha value is -1.85. The number of nitrogens with one attached hydrogen (secondary N) is 1. The molecule has 1 aromatic rings. The molecule has 0 fully saturated rings. The topological polar surface area (TPSA) is 73.0 Å². The summed E-state index contributed by atoms with van der Waals surface area (Å²) in [6, 6.07) is 0.235. The molecule has 1 aromatic heterocycles. The third kappa shape index (κ3) is 1.98. The van der Waals surface area contributed by atoms with Crippen molar-refractivity contribution in [3.63, 3.8) is 0 Å². The van der Waals surface area contributed by atoms with Crippen LogP contribution in [-0.2, 0) is 7.05 Å². The van der Waals surface area contributed by atoms with Crippen LogP contribution in [0.4, 0.5) is 11.5 Å². The SMILES string of the molecule is Cn1cc([N+](=O)[O-])c(NC2CC=CC2)n1. The van der Waals surface area contributed by atoms with Gasteiger partial charge in [0.1, 0.15) is 6.20 Å². The highest BCUT2D eigenvalue weighted by molar-refractivity contribution is 5.55. The van der Waals surface area contributed by atoms with Gasteiger partial charge in [-0.2, -0.15) is 0 Å². The molecule has 0 aliphatic heterocycles. The van der Waals surface area contributed by atoms with Crippen molar-refractivity contribution >= 4 is 11.5 Å². The molecule has 0 atom stereocenters. The number of aromatic nitrogens is 2. The third-order valence-electron chi connectivity index (χ3n) is 2.35. The second kappa shape index (κ2) is 3.72. The van der Waals surface area contributed by atoms with Crippen molar-refractivity contribution in [2.24, 2.45) is 7.05 Å². The summed E-state index contributed by atoms with van der Waals surface area (Å²) in [5.41, 5.74) is 0.0319. The van der Waals surface area contributed by atoms with Gasteiger partial charge in [0.15, 0.2) is 0 Å². The van der Waals surface area contributed by atoms with Crippen LogP contribution in [0.15, 0.2) is 18.3 Å². The molecule has 2 rings (SSSR count). The number of anilines is 1. The van der Waals surface area contributed by atoms with Gasteiger partial charge in [-0.3, -0.25) is 14.8 Å². The van der Waals surface area contributed by atoms with Crippen LogP contribution in [0.2, 0.25) is 0 Å². The standard InChI is InChI=1S/C9H12N4O2/c1-12-6-8(13(14)15)9(11-12)10-7-4-2-3-5-7/h2-3,6-7H,4-5H2,1H3,(H,10,11). The van der Waals surface area contributed by atoms with E-state index in [0.717, 1.165) is 12.8 Å². The van der Waals surface area contributed by atoms with E-state index in [0.29, 0.717) is 5.82 Å². The molecule has 1 aliphatic rings. The molecule has 15 heavy (non-hydrogen) atoms. The minimum atomic E-state index is -0.419. The van der Waals surface area contributed by atoms with Crippen molar-refractivity contribution in [1.82, 2.24) is 9.78 Å². The van der Waals surface area contributed by atoms with Gasteiger partial charge < -0.3 is 5.32 Å². The lowest BCUT2D eigenvalue weighted by molar-refractivity contribution is -0.384. The molecule has 0 amide bonds. The van der Waals surface area contributed by atoms with E-state index < -0.39 is 4.92 Å². The van der Waals surface area contributed by atoms with Crippen molar-refractivity contribution in [1.29, 1.82) is 0 Å². The molecular weight excluding hydrogens is 196 g/mol. The first-order valence-electron chi connectivity index (χ1n) is 4.76. The summed E-state index contributed by atoms with van der Waals surface area (Å²) in [5, 5.41) is 17.8. The molecule has 6 heteroatoms. The molecular formula is C9H12N4O2. The largest absolute Gasteiger partial charge is 0.360 e. The Morgan fingerprint density at radius 1 is 1.60 bits per heavy atom. The predicted octanol–water partition coefficient (Wildman–Crippen LogP) is 1.46. The van der Waals surface area contributed by atoms with Gasteiger partial charge >= 0.3 is 5.69 Å². The summed E-state index contributed by atoms with van der Waals surface area (Å²) < 4.78 is 1.45. The molecule has 0 spiro atoms. The number of nitrogens with zero attached hydrogens (tertiary/aromatic N) is 3. The van der Waals surface area contributed by atoms with Crippen molar-refractivity contribution < 1.29 is 4.92 Å². The highest BCUT2D eigenvalue weighted by Crippen LogP contribution is 2.24. The van der Waals surface area contributed by atoms with Gasteiger partial charge in [0.05, 0.1) is 4.92 Å². The zero-order chi connectivity index (χ0) is 10.8. The molecule has 0 saturated heterocycles. The first-order valence-corrected chi connectivity index (χ1v) is 4.76. The molecule has 0 radical (unpaired) electrons. The van der Waals surface area contributed by atoms with Gasteiger partial charge in [-0.25, -0.2) is 0 Å². The summed E-state index contributed by atoms with van der Waals surface area (Å²) in [4.78, 5) is 10.3. The molecule has 6 nitrogen and oxygen atoms in total. The molecule has 1 aliphatic carbocycles. The summed E-state index contributed by atoms with van der Waals surface area (Å²) in [7, 11) is 1.67. The maximum Gasteiger partial charge on any atom is 0.330 e. The molecule has 1 heterocycles. The fourth-order valence-electron chi connectivity index (χ4n) is 1.64. The minimum absolute atomic E-state index is 0.0319. The van der Waals surface area contributed by atoms with E-state index in [9.17, 15) is 10.1 Å². The van der Waals surface area contributed by atoms with Crippen LogP contribution in [0.3, 0.4) is 0 Å². The smallest absolute Gasteiger partial charge is 0.330 e. The maximum absolute atomic E-state index is 10.7. The Morgan fingerprint density at radius 3 is 2.87 bits per heavy atom. The fraction of sp³-hybridized carbons (Fsp3) is 0.444. The third-order valence-corrected chi connectivity index (χ3v) is 2.35. The highest BCUT2D eigenvalue weighted by atomic mass is 16.6. The van der Waals surface area contributed by atoms with Gasteiger partial charge in [0.2, 0.25) is 5.82 Å². The number of rotatable bonds is 3. The van der Waals surface area contributed by atoms with Gasteiger partial charge in [0.25, 0.3) is 0 Å². The monoisotopic (exact) mass is 208 g/mol. The summed E-state index contributed by atoms with van der Waals surface area (Å²) in [6.45, 7) is 0. The second-order valence-corrected chi connectivity index (χ2v) is 3.58. The maximum atomic E-state index is 10.7. The average Bonchev–Trinajstić information content (AvgIpc) is 2.75. The van der Waals surface area contributed by atoms with Crippen LogP contribution in [0.5, 0.6) is 0 Å². The van der Waals surface area contributed by atoms with E-state index in [1.165, 1.54) is 10.9 Å². The molecule has 0 unspecified atom stereocenters. The normalized spacial score (nSPS) is 15.8. The lowest BCUT2D eigenvalue weighted by Crippen LogP contribution is -2.16. The quantitative estimate of drug-likeness (QED) is 0.463. The molecule has 1 N–H and O–H groups in total. The van der Waals surface area contributed by atoms with Crippen LogP contribution in [0, 0.1) is 10.1 Å². The van der Waals surface area contributed by atoms with Crippen molar-refractivity contribution in [2.45, 2.75) is 18.9 Å². The van der Waals surface area contributed by atoms with E-state index in [1.807, 2.05) is 0 Å². The van der Waals surface area contributed by atoms with E-state index in [2.05, 4.69) is 22.6 Å². The molecule has 80 valence electrons. The van der Waals surface area contributed by atoms with Gasteiger partial charge in [-0.05, 0) is 12.8 Å². The van der Waals surface area contributed by atoms with Crippen molar-refractivity contribution in [3.8, 4) is 0 Å². The van der Waals surface area contributed by atoms with Crippen LogP contribution in [-0.4, -0.2) is 20.7 Å². The zero-order valence-corrected chi connectivity index (χ0v) is 8.38. The Bertz CT molecular complexity index is 402. The Balaban J connectivity index is 2.15. The van der Waals surface area contributed by atoms with Crippen LogP contribution in [0.25, 0.3) is 0 Å². The first kappa shape index (κ1) is 9.70. The van der Waals surface area contributed by atoms with E-state index in [4.69, 9.17) is 0 Å². The van der Waals surface area contributed by atoms with Crippen LogP contribution in [0.1, 0.15) is 12.8 Å². The first-order chi connectivity index (χ1) is 7.16. The second-order valence-electron chi connectivity index (χ2n) is 3.58. The summed E-state index contributed by atoms with van der Waals surface area (Å²) in [6.07, 6.45) is 7.32. The van der Waals surface area contributed by atoms with Gasteiger partial charge in [-0.15, -0.1) is 5.10 Å². The lowest BCUT2D eigenvalue weighted by atomic mass is 10.2. The highest BCUT2D eigenvalue weighted by Gasteiger charge is 2.21. The Kier molecular flexibility index (Phi) is 2.40. The molecule has 0 bridgehead atoms. The van der Waals surface area contributed by atoms with E-state index in [-0.39, 0.29) is 11.7 Å².